The summed E-state index contributed by atoms with van der Waals surface area (Å²) in [6, 6.07) is 8.81. The molecule has 2 rings (SSSR count). The second-order valence-corrected chi connectivity index (χ2v) is 5.78. The molecule has 0 aromatic heterocycles. The van der Waals surface area contributed by atoms with E-state index >= 15 is 0 Å². The van der Waals surface area contributed by atoms with Gasteiger partial charge in [0.2, 0.25) is 0 Å². The Morgan fingerprint density at radius 3 is 2.25 bits per heavy atom. The van der Waals surface area contributed by atoms with Crippen LogP contribution in [-0.2, 0) is 0 Å². The van der Waals surface area contributed by atoms with Crippen LogP contribution in [0.1, 0.15) is 29.7 Å². The van der Waals surface area contributed by atoms with E-state index in [1.807, 2.05) is 13.8 Å². The molecule has 0 spiro atoms. The zero-order valence-corrected chi connectivity index (χ0v) is 13.1. The summed E-state index contributed by atoms with van der Waals surface area (Å²) in [4.78, 5) is 0. The predicted octanol–water partition coefficient (Wildman–Crippen LogP) is 5.92. The van der Waals surface area contributed by atoms with Crippen molar-refractivity contribution in [1.82, 2.24) is 0 Å². The fraction of sp³-hybridized carbons (Fsp3) is 0.250. The van der Waals surface area contributed by atoms with Crippen molar-refractivity contribution in [3.8, 4) is 0 Å². The van der Waals surface area contributed by atoms with E-state index in [4.69, 9.17) is 23.2 Å². The monoisotopic (exact) mass is 311 g/mol. The molecule has 4 heteroatoms. The van der Waals surface area contributed by atoms with E-state index < -0.39 is 5.82 Å². The van der Waals surface area contributed by atoms with E-state index in [0.717, 1.165) is 0 Å². The molecule has 0 aliphatic carbocycles. The summed E-state index contributed by atoms with van der Waals surface area (Å²) in [5.41, 5.74) is 4.10. The maximum Gasteiger partial charge on any atom is 0.126 e. The highest BCUT2D eigenvalue weighted by atomic mass is 35.5. The zero-order valence-electron chi connectivity index (χ0n) is 11.6. The van der Waals surface area contributed by atoms with Gasteiger partial charge in [0.15, 0.2) is 0 Å². The van der Waals surface area contributed by atoms with Gasteiger partial charge in [0.05, 0.1) is 15.7 Å². The molecular weight excluding hydrogens is 296 g/mol. The fourth-order valence-electron chi connectivity index (χ4n) is 2.20. The van der Waals surface area contributed by atoms with Gasteiger partial charge in [-0.05, 0) is 44.0 Å². The number of nitrogens with one attached hydrogen (secondary N) is 1. The predicted molar refractivity (Wildman–Crippen MR) is 84.4 cm³/mol. The largest absolute Gasteiger partial charge is 0.376 e. The molecule has 106 valence electrons. The van der Waals surface area contributed by atoms with Gasteiger partial charge in [0.25, 0.3) is 0 Å². The van der Waals surface area contributed by atoms with Crippen LogP contribution in [0.3, 0.4) is 0 Å². The zero-order chi connectivity index (χ0) is 14.9. The van der Waals surface area contributed by atoms with Gasteiger partial charge >= 0.3 is 0 Å². The van der Waals surface area contributed by atoms with Gasteiger partial charge in [-0.3, -0.25) is 0 Å². The lowest BCUT2D eigenvalue weighted by molar-refractivity contribution is 0.628. The summed E-state index contributed by atoms with van der Waals surface area (Å²) in [6.45, 7) is 6.13. The van der Waals surface area contributed by atoms with Crippen LogP contribution < -0.4 is 5.32 Å². The minimum absolute atomic E-state index is 0.0235. The van der Waals surface area contributed by atoms with E-state index in [9.17, 15) is 4.39 Å². The summed E-state index contributed by atoms with van der Waals surface area (Å²) in [7, 11) is 0. The first-order valence-electron chi connectivity index (χ1n) is 6.36. The van der Waals surface area contributed by atoms with E-state index in [1.165, 1.54) is 28.8 Å². The molecule has 2 aromatic rings. The summed E-state index contributed by atoms with van der Waals surface area (Å²) >= 11 is 12.1. The number of anilines is 1. The minimum atomic E-state index is -0.440. The molecule has 1 unspecified atom stereocenters. The number of hydrogen-bond donors (Lipinski definition) is 1. The maximum absolute atomic E-state index is 13.2. The SMILES string of the molecule is Cc1ccc(C)c(C(C)Nc2c(Cl)cc(F)cc2Cl)c1. The van der Waals surface area contributed by atoms with Crippen molar-refractivity contribution in [1.29, 1.82) is 0 Å². The lowest BCUT2D eigenvalue weighted by Crippen LogP contribution is -2.09. The first-order chi connectivity index (χ1) is 9.38. The van der Waals surface area contributed by atoms with Crippen molar-refractivity contribution >= 4 is 28.9 Å². The van der Waals surface area contributed by atoms with Gasteiger partial charge in [-0.15, -0.1) is 0 Å². The Morgan fingerprint density at radius 1 is 1.05 bits per heavy atom. The van der Waals surface area contributed by atoms with Gasteiger partial charge in [0.1, 0.15) is 5.82 Å². The van der Waals surface area contributed by atoms with E-state index in [0.29, 0.717) is 5.69 Å². The second kappa shape index (κ2) is 6.02. The van der Waals surface area contributed by atoms with Crippen molar-refractivity contribution < 1.29 is 4.39 Å². The molecule has 0 saturated carbocycles. The molecule has 2 aromatic carbocycles. The van der Waals surface area contributed by atoms with Gasteiger partial charge in [0, 0.05) is 6.04 Å². The molecule has 0 radical (unpaired) electrons. The fourth-order valence-corrected chi connectivity index (χ4v) is 2.77. The molecular formula is C16H16Cl2FN. The lowest BCUT2D eigenvalue weighted by Gasteiger charge is -2.20. The number of rotatable bonds is 3. The van der Waals surface area contributed by atoms with Crippen molar-refractivity contribution in [2.75, 3.05) is 5.32 Å². The van der Waals surface area contributed by atoms with E-state index in [2.05, 4.69) is 30.4 Å². The summed E-state index contributed by atoms with van der Waals surface area (Å²) in [5, 5.41) is 3.83. The molecule has 1 nitrogen and oxygen atoms in total. The smallest absolute Gasteiger partial charge is 0.126 e. The quantitative estimate of drug-likeness (QED) is 0.741. The Balaban J connectivity index is 2.32. The van der Waals surface area contributed by atoms with Gasteiger partial charge < -0.3 is 5.32 Å². The molecule has 0 bridgehead atoms. The molecule has 0 saturated heterocycles. The highest BCUT2D eigenvalue weighted by Crippen LogP contribution is 2.34. The minimum Gasteiger partial charge on any atom is -0.376 e. The molecule has 1 atom stereocenters. The Bertz CT molecular complexity index is 617. The molecule has 0 fully saturated rings. The Kier molecular flexibility index (Phi) is 4.56. The van der Waals surface area contributed by atoms with Crippen LogP contribution in [0.5, 0.6) is 0 Å². The standard InChI is InChI=1S/C16H16Cl2FN/c1-9-4-5-10(2)13(6-9)11(3)20-16-14(17)7-12(19)8-15(16)18/h4-8,11,20H,1-3H3. The summed E-state index contributed by atoms with van der Waals surface area (Å²) < 4.78 is 13.2. The van der Waals surface area contributed by atoms with E-state index in [-0.39, 0.29) is 16.1 Å². The summed E-state index contributed by atoms with van der Waals surface area (Å²) in [5.74, 6) is -0.440. The van der Waals surface area contributed by atoms with Crippen molar-refractivity contribution in [3.63, 3.8) is 0 Å². The average molecular weight is 312 g/mol. The van der Waals surface area contributed by atoms with Gasteiger partial charge in [-0.1, -0.05) is 47.0 Å². The van der Waals surface area contributed by atoms with Crippen LogP contribution in [0.2, 0.25) is 10.0 Å². The van der Waals surface area contributed by atoms with Crippen LogP contribution in [0.4, 0.5) is 10.1 Å². The molecule has 0 heterocycles. The van der Waals surface area contributed by atoms with Crippen molar-refractivity contribution in [3.05, 3.63) is 62.9 Å². The third-order valence-electron chi connectivity index (χ3n) is 3.27. The molecule has 0 amide bonds. The first kappa shape index (κ1) is 15.1. The van der Waals surface area contributed by atoms with Crippen LogP contribution >= 0.6 is 23.2 Å². The van der Waals surface area contributed by atoms with Crippen molar-refractivity contribution in [2.24, 2.45) is 0 Å². The Morgan fingerprint density at radius 2 is 1.65 bits per heavy atom. The number of halogens is 3. The van der Waals surface area contributed by atoms with Gasteiger partial charge in [-0.2, -0.15) is 0 Å². The topological polar surface area (TPSA) is 12.0 Å². The van der Waals surface area contributed by atoms with Crippen molar-refractivity contribution in [2.45, 2.75) is 26.8 Å². The highest BCUT2D eigenvalue weighted by molar-refractivity contribution is 6.39. The Hall–Kier alpha value is -1.25. The van der Waals surface area contributed by atoms with Gasteiger partial charge in [-0.25, -0.2) is 4.39 Å². The molecule has 0 aliphatic heterocycles. The normalized spacial score (nSPS) is 12.3. The average Bonchev–Trinajstić information content (AvgIpc) is 2.36. The Labute approximate surface area is 128 Å². The summed E-state index contributed by atoms with van der Waals surface area (Å²) in [6.07, 6.45) is 0. The van der Waals surface area contributed by atoms with Crippen LogP contribution in [-0.4, -0.2) is 0 Å². The number of aryl methyl sites for hydroxylation is 2. The molecule has 20 heavy (non-hydrogen) atoms. The third kappa shape index (κ3) is 3.25. The first-order valence-corrected chi connectivity index (χ1v) is 7.12. The lowest BCUT2D eigenvalue weighted by atomic mass is 10.00. The molecule has 1 N–H and O–H groups in total. The highest BCUT2D eigenvalue weighted by Gasteiger charge is 2.14. The van der Waals surface area contributed by atoms with E-state index in [1.54, 1.807) is 0 Å². The third-order valence-corrected chi connectivity index (χ3v) is 3.87. The maximum atomic E-state index is 13.2. The number of benzene rings is 2. The van der Waals surface area contributed by atoms with Crippen LogP contribution in [0.25, 0.3) is 0 Å². The number of hydrogen-bond acceptors (Lipinski definition) is 1. The molecule has 0 aliphatic rings. The van der Waals surface area contributed by atoms with Crippen LogP contribution in [0, 0.1) is 19.7 Å². The van der Waals surface area contributed by atoms with Crippen LogP contribution in [0.15, 0.2) is 30.3 Å². The second-order valence-electron chi connectivity index (χ2n) is 4.97.